The predicted molar refractivity (Wildman–Crippen MR) is 81.0 cm³/mol. The molecule has 0 unspecified atom stereocenters. The van der Waals surface area contributed by atoms with Gasteiger partial charge in [0, 0.05) is 18.1 Å². The van der Waals surface area contributed by atoms with E-state index in [2.05, 4.69) is 20.7 Å². The van der Waals surface area contributed by atoms with Crippen LogP contribution in [0.1, 0.15) is 24.9 Å². The van der Waals surface area contributed by atoms with Crippen molar-refractivity contribution in [2.24, 2.45) is 0 Å². The van der Waals surface area contributed by atoms with Crippen LogP contribution >= 0.6 is 11.6 Å². The Morgan fingerprint density at radius 2 is 2.33 bits per heavy atom. The minimum atomic E-state index is -0.193. The van der Waals surface area contributed by atoms with Gasteiger partial charge >= 0.3 is 6.03 Å². The number of amides is 2. The molecule has 1 aromatic heterocycles. The SMILES string of the molecule is C[C@H](NC(=O)NCCCn1cncn1)c1cccc(Cl)c1. The third-order valence-corrected chi connectivity index (χ3v) is 3.25. The van der Waals surface area contributed by atoms with Crippen molar-refractivity contribution in [3.63, 3.8) is 0 Å². The molecule has 1 heterocycles. The van der Waals surface area contributed by atoms with E-state index in [9.17, 15) is 4.79 Å². The van der Waals surface area contributed by atoms with E-state index in [0.717, 1.165) is 18.5 Å². The van der Waals surface area contributed by atoms with Crippen molar-refractivity contribution in [3.8, 4) is 0 Å². The normalized spacial score (nSPS) is 11.9. The Kier molecular flexibility index (Phi) is 5.57. The molecule has 2 rings (SSSR count). The van der Waals surface area contributed by atoms with Gasteiger partial charge in [0.1, 0.15) is 12.7 Å². The maximum absolute atomic E-state index is 11.8. The van der Waals surface area contributed by atoms with Gasteiger partial charge in [-0.1, -0.05) is 23.7 Å². The van der Waals surface area contributed by atoms with Crippen molar-refractivity contribution >= 4 is 17.6 Å². The number of urea groups is 1. The Hall–Kier alpha value is -2.08. The fraction of sp³-hybridized carbons (Fsp3) is 0.357. The molecule has 6 nitrogen and oxygen atoms in total. The average Bonchev–Trinajstić information content (AvgIpc) is 2.97. The third kappa shape index (κ3) is 5.07. The largest absolute Gasteiger partial charge is 0.338 e. The highest BCUT2D eigenvalue weighted by molar-refractivity contribution is 6.30. The lowest BCUT2D eigenvalue weighted by Crippen LogP contribution is -2.37. The second kappa shape index (κ2) is 7.64. The summed E-state index contributed by atoms with van der Waals surface area (Å²) in [5.74, 6) is 0. The summed E-state index contributed by atoms with van der Waals surface area (Å²) in [5.41, 5.74) is 0.972. The molecule has 0 aliphatic carbocycles. The van der Waals surface area contributed by atoms with E-state index in [1.54, 1.807) is 11.0 Å². The number of nitrogens with one attached hydrogen (secondary N) is 2. The zero-order valence-electron chi connectivity index (χ0n) is 11.8. The van der Waals surface area contributed by atoms with E-state index in [1.165, 1.54) is 6.33 Å². The van der Waals surface area contributed by atoms with Gasteiger partial charge in [-0.25, -0.2) is 9.78 Å². The van der Waals surface area contributed by atoms with E-state index in [0.29, 0.717) is 11.6 Å². The molecule has 0 fully saturated rings. The zero-order valence-corrected chi connectivity index (χ0v) is 12.5. The van der Waals surface area contributed by atoms with Gasteiger partial charge in [0.15, 0.2) is 0 Å². The average molecular weight is 308 g/mol. The van der Waals surface area contributed by atoms with Crippen molar-refractivity contribution < 1.29 is 4.79 Å². The standard InChI is InChI=1S/C14H18ClN5O/c1-11(12-4-2-5-13(15)8-12)19-14(21)17-6-3-7-20-10-16-9-18-20/h2,4-5,8-11H,3,6-7H2,1H3,(H2,17,19,21)/t11-/m0/s1. The number of aromatic nitrogens is 3. The van der Waals surface area contributed by atoms with Crippen molar-refractivity contribution in [3.05, 3.63) is 47.5 Å². The molecule has 0 aliphatic heterocycles. The van der Waals surface area contributed by atoms with Crippen LogP contribution in [0.5, 0.6) is 0 Å². The van der Waals surface area contributed by atoms with Gasteiger partial charge in [0.25, 0.3) is 0 Å². The van der Waals surface area contributed by atoms with Crippen LogP contribution in [-0.4, -0.2) is 27.3 Å². The summed E-state index contributed by atoms with van der Waals surface area (Å²) < 4.78 is 1.73. The summed E-state index contributed by atoms with van der Waals surface area (Å²) in [7, 11) is 0. The van der Waals surface area contributed by atoms with E-state index >= 15 is 0 Å². The minimum absolute atomic E-state index is 0.0981. The number of hydrogen-bond donors (Lipinski definition) is 2. The topological polar surface area (TPSA) is 71.8 Å². The van der Waals surface area contributed by atoms with Crippen LogP contribution in [0.4, 0.5) is 4.79 Å². The molecule has 0 radical (unpaired) electrons. The Labute approximate surface area is 128 Å². The summed E-state index contributed by atoms with van der Waals surface area (Å²) in [6.07, 6.45) is 3.94. The summed E-state index contributed by atoms with van der Waals surface area (Å²) >= 11 is 5.94. The van der Waals surface area contributed by atoms with Crippen LogP contribution in [0, 0.1) is 0 Å². The Morgan fingerprint density at radius 3 is 3.05 bits per heavy atom. The number of carbonyl (C=O) groups is 1. The Morgan fingerprint density at radius 1 is 1.48 bits per heavy atom. The van der Waals surface area contributed by atoms with Gasteiger partial charge in [-0.3, -0.25) is 4.68 Å². The molecule has 2 amide bonds. The molecule has 0 bridgehead atoms. The molecule has 0 aliphatic rings. The number of rotatable bonds is 6. The summed E-state index contributed by atoms with van der Waals surface area (Å²) in [6.45, 7) is 3.22. The maximum Gasteiger partial charge on any atom is 0.315 e. The quantitative estimate of drug-likeness (QED) is 0.805. The number of carbonyl (C=O) groups excluding carboxylic acids is 1. The highest BCUT2D eigenvalue weighted by atomic mass is 35.5. The molecule has 1 atom stereocenters. The third-order valence-electron chi connectivity index (χ3n) is 3.01. The Bertz CT molecular complexity index is 573. The first-order valence-electron chi connectivity index (χ1n) is 6.77. The number of nitrogens with zero attached hydrogens (tertiary/aromatic N) is 3. The minimum Gasteiger partial charge on any atom is -0.338 e. The van der Waals surface area contributed by atoms with Crippen molar-refractivity contribution in [2.45, 2.75) is 25.9 Å². The summed E-state index contributed by atoms with van der Waals surface area (Å²) in [6, 6.07) is 7.16. The second-order valence-corrected chi connectivity index (χ2v) is 5.13. The van der Waals surface area contributed by atoms with Crippen LogP contribution in [0.3, 0.4) is 0 Å². The summed E-state index contributed by atoms with van der Waals surface area (Å²) in [4.78, 5) is 15.6. The molecule has 0 saturated heterocycles. The maximum atomic E-state index is 11.8. The van der Waals surface area contributed by atoms with Crippen LogP contribution in [0.2, 0.25) is 5.02 Å². The number of hydrogen-bond acceptors (Lipinski definition) is 3. The lowest BCUT2D eigenvalue weighted by Gasteiger charge is -2.15. The van der Waals surface area contributed by atoms with Gasteiger partial charge in [-0.05, 0) is 31.0 Å². The second-order valence-electron chi connectivity index (χ2n) is 4.69. The van der Waals surface area contributed by atoms with Gasteiger partial charge < -0.3 is 10.6 Å². The first-order chi connectivity index (χ1) is 10.1. The number of benzene rings is 1. The lowest BCUT2D eigenvalue weighted by atomic mass is 10.1. The van der Waals surface area contributed by atoms with Gasteiger partial charge in [-0.15, -0.1) is 0 Å². The van der Waals surface area contributed by atoms with E-state index in [-0.39, 0.29) is 12.1 Å². The number of halogens is 1. The fourth-order valence-corrected chi connectivity index (χ4v) is 2.10. The molecule has 1 aromatic carbocycles. The molecular weight excluding hydrogens is 290 g/mol. The van der Waals surface area contributed by atoms with Crippen molar-refractivity contribution in [1.82, 2.24) is 25.4 Å². The molecule has 0 saturated carbocycles. The molecule has 7 heteroatoms. The molecular formula is C14H18ClN5O. The predicted octanol–water partition coefficient (Wildman–Crippen LogP) is 2.38. The molecule has 2 aromatic rings. The van der Waals surface area contributed by atoms with Crippen molar-refractivity contribution in [1.29, 1.82) is 0 Å². The smallest absolute Gasteiger partial charge is 0.315 e. The zero-order chi connectivity index (χ0) is 15.1. The van der Waals surface area contributed by atoms with Gasteiger partial charge in [-0.2, -0.15) is 5.10 Å². The van der Waals surface area contributed by atoms with E-state index in [4.69, 9.17) is 11.6 Å². The van der Waals surface area contributed by atoms with Crippen LogP contribution in [0.15, 0.2) is 36.9 Å². The molecule has 2 N–H and O–H groups in total. The molecule has 112 valence electrons. The molecule has 0 spiro atoms. The highest BCUT2D eigenvalue weighted by Gasteiger charge is 2.09. The van der Waals surface area contributed by atoms with E-state index in [1.807, 2.05) is 31.2 Å². The monoisotopic (exact) mass is 307 g/mol. The van der Waals surface area contributed by atoms with Gasteiger partial charge in [0.05, 0.1) is 6.04 Å². The number of aryl methyl sites for hydroxylation is 1. The van der Waals surface area contributed by atoms with Crippen molar-refractivity contribution in [2.75, 3.05) is 6.54 Å². The van der Waals surface area contributed by atoms with Crippen LogP contribution in [0.25, 0.3) is 0 Å². The van der Waals surface area contributed by atoms with Gasteiger partial charge in [0.2, 0.25) is 0 Å². The lowest BCUT2D eigenvalue weighted by molar-refractivity contribution is 0.237. The first-order valence-corrected chi connectivity index (χ1v) is 7.15. The van der Waals surface area contributed by atoms with Crippen LogP contribution in [-0.2, 0) is 6.54 Å². The molecule has 21 heavy (non-hydrogen) atoms. The van der Waals surface area contributed by atoms with E-state index < -0.39 is 0 Å². The first kappa shape index (κ1) is 15.3. The fourth-order valence-electron chi connectivity index (χ4n) is 1.90. The highest BCUT2D eigenvalue weighted by Crippen LogP contribution is 2.16. The van der Waals surface area contributed by atoms with Crippen LogP contribution < -0.4 is 10.6 Å². The summed E-state index contributed by atoms with van der Waals surface area (Å²) in [5, 5.41) is 10.3. The Balaban J connectivity index is 1.69.